The summed E-state index contributed by atoms with van der Waals surface area (Å²) in [6.45, 7) is 6.88. The van der Waals surface area contributed by atoms with Gasteiger partial charge in [0.05, 0.1) is 0 Å². The molecule has 5 heteroatoms. The average molecular weight is 373 g/mol. The van der Waals surface area contributed by atoms with Gasteiger partial charge >= 0.3 is 0 Å². The van der Waals surface area contributed by atoms with Gasteiger partial charge in [0, 0.05) is 43.3 Å². The first-order valence-corrected chi connectivity index (χ1v) is 9.52. The summed E-state index contributed by atoms with van der Waals surface area (Å²) >= 11 is 5.87. The third-order valence-electron chi connectivity index (χ3n) is 4.76. The van der Waals surface area contributed by atoms with Crippen LogP contribution in [-0.4, -0.2) is 55.0 Å². The summed E-state index contributed by atoms with van der Waals surface area (Å²) in [5.74, 6) is 0.962. The average Bonchev–Trinajstić information content (AvgIpc) is 2.69. The van der Waals surface area contributed by atoms with Crippen LogP contribution in [0.25, 0.3) is 0 Å². The van der Waals surface area contributed by atoms with E-state index < -0.39 is 0 Å². The number of hydrogen-bond acceptors (Lipinski definition) is 3. The number of aryl methyl sites for hydroxylation is 1. The van der Waals surface area contributed by atoms with Gasteiger partial charge in [-0.15, -0.1) is 0 Å². The van der Waals surface area contributed by atoms with Crippen molar-refractivity contribution in [2.75, 3.05) is 39.3 Å². The van der Waals surface area contributed by atoms with Crippen LogP contribution in [0.15, 0.2) is 48.5 Å². The zero-order chi connectivity index (χ0) is 18.4. The minimum Gasteiger partial charge on any atom is -0.492 e. The van der Waals surface area contributed by atoms with Crippen LogP contribution in [0, 0.1) is 0 Å². The summed E-state index contributed by atoms with van der Waals surface area (Å²) < 4.78 is 5.75. The minimum atomic E-state index is 0.129. The molecule has 0 bridgehead atoms. The van der Waals surface area contributed by atoms with Crippen molar-refractivity contribution in [1.82, 2.24) is 9.80 Å². The fourth-order valence-corrected chi connectivity index (χ4v) is 3.19. The fourth-order valence-electron chi connectivity index (χ4n) is 3.06. The predicted octanol–water partition coefficient (Wildman–Crippen LogP) is 3.74. The van der Waals surface area contributed by atoms with Crippen molar-refractivity contribution in [2.24, 2.45) is 0 Å². The maximum absolute atomic E-state index is 12.6. The SMILES string of the molecule is CCc1ccc(C(=O)N2CCN(CCOc3ccc(Cl)cc3)CC2)cc1. The highest BCUT2D eigenvalue weighted by molar-refractivity contribution is 6.30. The molecule has 0 aromatic heterocycles. The standard InChI is InChI=1S/C21H25ClN2O2/c1-2-17-3-5-18(6-4-17)21(25)24-13-11-23(12-14-24)15-16-26-20-9-7-19(22)8-10-20/h3-10H,2,11-16H2,1H3. The Morgan fingerprint density at radius 3 is 2.27 bits per heavy atom. The molecule has 2 aromatic carbocycles. The smallest absolute Gasteiger partial charge is 0.253 e. The lowest BCUT2D eigenvalue weighted by Crippen LogP contribution is -2.49. The molecule has 1 fully saturated rings. The van der Waals surface area contributed by atoms with E-state index in [1.54, 1.807) is 0 Å². The molecule has 0 radical (unpaired) electrons. The van der Waals surface area contributed by atoms with E-state index in [0.717, 1.165) is 50.5 Å². The second-order valence-electron chi connectivity index (χ2n) is 6.49. The largest absolute Gasteiger partial charge is 0.492 e. The van der Waals surface area contributed by atoms with Gasteiger partial charge in [-0.25, -0.2) is 0 Å². The molecule has 138 valence electrons. The molecule has 1 aliphatic heterocycles. The van der Waals surface area contributed by atoms with Crippen molar-refractivity contribution >= 4 is 17.5 Å². The molecule has 0 unspecified atom stereocenters. The van der Waals surface area contributed by atoms with Gasteiger partial charge in [0.1, 0.15) is 12.4 Å². The number of carbonyl (C=O) groups is 1. The van der Waals surface area contributed by atoms with Crippen molar-refractivity contribution in [3.05, 3.63) is 64.7 Å². The van der Waals surface area contributed by atoms with Gasteiger partial charge in [0.25, 0.3) is 5.91 Å². The number of amides is 1. The number of rotatable bonds is 6. The van der Waals surface area contributed by atoms with E-state index in [1.807, 2.05) is 53.4 Å². The van der Waals surface area contributed by atoms with Gasteiger partial charge in [0.15, 0.2) is 0 Å². The zero-order valence-corrected chi connectivity index (χ0v) is 15.9. The van der Waals surface area contributed by atoms with Crippen LogP contribution >= 0.6 is 11.6 Å². The summed E-state index contributed by atoms with van der Waals surface area (Å²) in [7, 11) is 0. The maximum atomic E-state index is 12.6. The third kappa shape index (κ3) is 4.99. The summed E-state index contributed by atoms with van der Waals surface area (Å²) in [6, 6.07) is 15.4. The second kappa shape index (κ2) is 9.06. The van der Waals surface area contributed by atoms with Crippen LogP contribution in [0.3, 0.4) is 0 Å². The molecule has 0 aliphatic carbocycles. The number of nitrogens with zero attached hydrogens (tertiary/aromatic N) is 2. The van der Waals surface area contributed by atoms with Gasteiger partial charge in [0.2, 0.25) is 0 Å². The van der Waals surface area contributed by atoms with Gasteiger partial charge in [-0.1, -0.05) is 30.7 Å². The van der Waals surface area contributed by atoms with Crippen molar-refractivity contribution < 1.29 is 9.53 Å². The van der Waals surface area contributed by atoms with Crippen LogP contribution in [0.1, 0.15) is 22.8 Å². The highest BCUT2D eigenvalue weighted by Gasteiger charge is 2.21. The van der Waals surface area contributed by atoms with E-state index in [2.05, 4.69) is 11.8 Å². The number of carbonyl (C=O) groups excluding carboxylic acids is 1. The monoisotopic (exact) mass is 372 g/mol. The molecule has 26 heavy (non-hydrogen) atoms. The number of piperazine rings is 1. The highest BCUT2D eigenvalue weighted by atomic mass is 35.5. The quantitative estimate of drug-likeness (QED) is 0.774. The maximum Gasteiger partial charge on any atom is 0.253 e. The molecule has 1 amide bonds. The van der Waals surface area contributed by atoms with E-state index >= 15 is 0 Å². The van der Waals surface area contributed by atoms with Gasteiger partial charge in [-0.2, -0.15) is 0 Å². The van der Waals surface area contributed by atoms with Crippen LogP contribution in [0.2, 0.25) is 5.02 Å². The number of hydrogen-bond donors (Lipinski definition) is 0. The van der Waals surface area contributed by atoms with Crippen molar-refractivity contribution in [2.45, 2.75) is 13.3 Å². The summed E-state index contributed by atoms with van der Waals surface area (Å²) in [5.41, 5.74) is 2.04. The minimum absolute atomic E-state index is 0.129. The topological polar surface area (TPSA) is 32.8 Å². The molecule has 1 saturated heterocycles. The lowest BCUT2D eigenvalue weighted by atomic mass is 10.1. The van der Waals surface area contributed by atoms with Crippen molar-refractivity contribution in [3.63, 3.8) is 0 Å². The van der Waals surface area contributed by atoms with E-state index in [4.69, 9.17) is 16.3 Å². The van der Waals surface area contributed by atoms with Gasteiger partial charge in [-0.3, -0.25) is 9.69 Å². The van der Waals surface area contributed by atoms with Crippen LogP contribution in [0.4, 0.5) is 0 Å². The summed E-state index contributed by atoms with van der Waals surface area (Å²) in [6.07, 6.45) is 0.991. The number of benzene rings is 2. The normalized spacial score (nSPS) is 15.1. The Bertz CT molecular complexity index is 708. The fraction of sp³-hybridized carbons (Fsp3) is 0.381. The first-order valence-electron chi connectivity index (χ1n) is 9.14. The lowest BCUT2D eigenvalue weighted by molar-refractivity contribution is 0.0620. The second-order valence-corrected chi connectivity index (χ2v) is 6.92. The molecule has 1 heterocycles. The lowest BCUT2D eigenvalue weighted by Gasteiger charge is -2.34. The predicted molar refractivity (Wildman–Crippen MR) is 105 cm³/mol. The summed E-state index contributed by atoms with van der Waals surface area (Å²) in [4.78, 5) is 16.9. The first-order chi connectivity index (χ1) is 12.7. The number of halogens is 1. The van der Waals surface area contributed by atoms with Crippen molar-refractivity contribution in [1.29, 1.82) is 0 Å². The van der Waals surface area contributed by atoms with Crippen LogP contribution < -0.4 is 4.74 Å². The zero-order valence-electron chi connectivity index (χ0n) is 15.2. The number of ether oxygens (including phenoxy) is 1. The Morgan fingerprint density at radius 2 is 1.65 bits per heavy atom. The van der Waals surface area contributed by atoms with Crippen molar-refractivity contribution in [3.8, 4) is 5.75 Å². The third-order valence-corrected chi connectivity index (χ3v) is 5.01. The molecule has 0 atom stereocenters. The molecule has 2 aromatic rings. The van der Waals surface area contributed by atoms with Crippen LogP contribution in [-0.2, 0) is 6.42 Å². The van der Waals surface area contributed by atoms with Gasteiger partial charge < -0.3 is 9.64 Å². The van der Waals surface area contributed by atoms with E-state index in [1.165, 1.54) is 5.56 Å². The summed E-state index contributed by atoms with van der Waals surface area (Å²) in [5, 5.41) is 0.711. The van der Waals surface area contributed by atoms with E-state index in [-0.39, 0.29) is 5.91 Å². The van der Waals surface area contributed by atoms with E-state index in [9.17, 15) is 4.79 Å². The van der Waals surface area contributed by atoms with E-state index in [0.29, 0.717) is 11.6 Å². The van der Waals surface area contributed by atoms with Gasteiger partial charge in [-0.05, 0) is 48.4 Å². The molecule has 3 rings (SSSR count). The molecular weight excluding hydrogens is 348 g/mol. The molecule has 4 nitrogen and oxygen atoms in total. The molecular formula is C21H25ClN2O2. The Labute approximate surface area is 160 Å². The Morgan fingerprint density at radius 1 is 1.00 bits per heavy atom. The molecule has 0 spiro atoms. The molecule has 1 aliphatic rings. The highest BCUT2D eigenvalue weighted by Crippen LogP contribution is 2.16. The van der Waals surface area contributed by atoms with Crippen LogP contribution in [0.5, 0.6) is 5.75 Å². The molecule has 0 N–H and O–H groups in total. The first kappa shape index (κ1) is 18.7. The Kier molecular flexibility index (Phi) is 6.53. The Hall–Kier alpha value is -2.04. The molecule has 0 saturated carbocycles. The Balaban J connectivity index is 1.41.